The van der Waals surface area contributed by atoms with Gasteiger partial charge in [-0.05, 0) is 11.6 Å². The maximum atomic E-state index is 10.8. The van der Waals surface area contributed by atoms with Crippen molar-refractivity contribution >= 4 is 0 Å². The molecule has 1 aromatic heterocycles. The van der Waals surface area contributed by atoms with Crippen molar-refractivity contribution in [3.63, 3.8) is 0 Å². The summed E-state index contributed by atoms with van der Waals surface area (Å²) < 4.78 is 6.79. The molecule has 0 fully saturated rings. The zero-order chi connectivity index (χ0) is 12.3. The van der Waals surface area contributed by atoms with Crippen LogP contribution in [-0.4, -0.2) is 28.6 Å². The van der Waals surface area contributed by atoms with Crippen LogP contribution in [0.3, 0.4) is 0 Å². The highest BCUT2D eigenvalue weighted by atomic mass is 16.5. The van der Waals surface area contributed by atoms with Crippen LogP contribution >= 0.6 is 0 Å². The lowest BCUT2D eigenvalue weighted by molar-refractivity contribution is -0.00671. The molecule has 0 amide bonds. The molecule has 1 N–H and O–H groups in total. The Morgan fingerprint density at radius 1 is 1.29 bits per heavy atom. The normalized spacial score (nSPS) is 14.5. The topological polar surface area (TPSA) is 47.3 Å². The number of benzene rings is 1. The van der Waals surface area contributed by atoms with Crippen LogP contribution in [0.4, 0.5) is 0 Å². The summed E-state index contributed by atoms with van der Waals surface area (Å²) in [5, 5.41) is 15.0. The molecular formula is C13H16N2O2. The van der Waals surface area contributed by atoms with E-state index in [4.69, 9.17) is 4.74 Å². The molecule has 2 aromatic rings. The van der Waals surface area contributed by atoms with Gasteiger partial charge in [0.1, 0.15) is 5.69 Å². The highest BCUT2D eigenvalue weighted by Gasteiger charge is 2.33. The summed E-state index contributed by atoms with van der Waals surface area (Å²) in [6.07, 6.45) is 1.80. The Bertz CT molecular complexity index is 481. The SMILES string of the molecule is COCC(O)(c1ccccc1)c1ccn(C)n1. The second kappa shape index (κ2) is 4.69. The maximum Gasteiger partial charge on any atom is 0.156 e. The summed E-state index contributed by atoms with van der Waals surface area (Å²) in [7, 11) is 3.39. The second-order valence-electron chi connectivity index (χ2n) is 4.03. The largest absolute Gasteiger partial charge is 0.381 e. The van der Waals surface area contributed by atoms with E-state index in [1.165, 1.54) is 0 Å². The number of methoxy groups -OCH3 is 1. The molecule has 0 bridgehead atoms. The van der Waals surface area contributed by atoms with Gasteiger partial charge in [-0.15, -0.1) is 0 Å². The Kier molecular flexibility index (Phi) is 3.26. The zero-order valence-corrected chi connectivity index (χ0v) is 10.00. The molecule has 0 saturated heterocycles. The van der Waals surface area contributed by atoms with Crippen LogP contribution in [0.1, 0.15) is 11.3 Å². The fourth-order valence-corrected chi connectivity index (χ4v) is 1.86. The van der Waals surface area contributed by atoms with Crippen LogP contribution in [0.25, 0.3) is 0 Å². The molecule has 1 atom stereocenters. The first-order chi connectivity index (χ1) is 8.16. The van der Waals surface area contributed by atoms with Crippen molar-refractivity contribution < 1.29 is 9.84 Å². The Morgan fingerprint density at radius 3 is 2.53 bits per heavy atom. The van der Waals surface area contributed by atoms with Gasteiger partial charge in [0, 0.05) is 20.4 Å². The van der Waals surface area contributed by atoms with E-state index in [1.807, 2.05) is 37.4 Å². The van der Waals surface area contributed by atoms with E-state index >= 15 is 0 Å². The fourth-order valence-electron chi connectivity index (χ4n) is 1.86. The number of rotatable bonds is 4. The standard InChI is InChI=1S/C13H16N2O2/c1-15-9-8-12(14-15)13(16,10-17-2)11-6-4-3-5-7-11/h3-9,16H,10H2,1-2H3. The first-order valence-electron chi connectivity index (χ1n) is 5.44. The monoisotopic (exact) mass is 232 g/mol. The Hall–Kier alpha value is -1.65. The van der Waals surface area contributed by atoms with Gasteiger partial charge in [0.25, 0.3) is 0 Å². The molecule has 1 aromatic carbocycles. The zero-order valence-electron chi connectivity index (χ0n) is 10.00. The van der Waals surface area contributed by atoms with Crippen molar-refractivity contribution in [2.24, 2.45) is 7.05 Å². The smallest absolute Gasteiger partial charge is 0.156 e. The van der Waals surface area contributed by atoms with Crippen molar-refractivity contribution in [3.8, 4) is 0 Å². The van der Waals surface area contributed by atoms with Crippen molar-refractivity contribution in [1.29, 1.82) is 0 Å². The summed E-state index contributed by atoms with van der Waals surface area (Å²) in [5.74, 6) is 0. The van der Waals surface area contributed by atoms with Crippen LogP contribution in [0.2, 0.25) is 0 Å². The summed E-state index contributed by atoms with van der Waals surface area (Å²) in [6, 6.07) is 11.2. The van der Waals surface area contributed by atoms with Crippen molar-refractivity contribution in [3.05, 3.63) is 53.9 Å². The van der Waals surface area contributed by atoms with Gasteiger partial charge in [-0.2, -0.15) is 5.10 Å². The predicted molar refractivity (Wildman–Crippen MR) is 64.5 cm³/mol. The minimum atomic E-state index is -1.20. The molecule has 17 heavy (non-hydrogen) atoms. The molecule has 4 heteroatoms. The summed E-state index contributed by atoms with van der Waals surface area (Å²) in [4.78, 5) is 0. The third kappa shape index (κ3) is 2.23. The number of hydrogen-bond acceptors (Lipinski definition) is 3. The minimum Gasteiger partial charge on any atom is -0.381 e. The van der Waals surface area contributed by atoms with E-state index in [2.05, 4.69) is 5.10 Å². The first kappa shape index (κ1) is 11.8. The van der Waals surface area contributed by atoms with E-state index in [9.17, 15) is 5.11 Å². The number of aromatic nitrogens is 2. The summed E-state index contributed by atoms with van der Waals surface area (Å²) in [5.41, 5.74) is 0.172. The number of hydrogen-bond donors (Lipinski definition) is 1. The van der Waals surface area contributed by atoms with Crippen molar-refractivity contribution in [1.82, 2.24) is 9.78 Å². The molecule has 0 aliphatic heterocycles. The lowest BCUT2D eigenvalue weighted by Gasteiger charge is -2.25. The Balaban J connectivity index is 2.46. The molecule has 0 spiro atoms. The molecule has 4 nitrogen and oxygen atoms in total. The first-order valence-corrected chi connectivity index (χ1v) is 5.44. The Morgan fingerprint density at radius 2 is 2.00 bits per heavy atom. The van der Waals surface area contributed by atoms with Gasteiger partial charge in [-0.1, -0.05) is 30.3 Å². The fraction of sp³-hybridized carbons (Fsp3) is 0.308. The lowest BCUT2D eigenvalue weighted by Crippen LogP contribution is -2.33. The highest BCUT2D eigenvalue weighted by Crippen LogP contribution is 2.28. The van der Waals surface area contributed by atoms with E-state index in [0.717, 1.165) is 5.56 Å². The molecule has 1 heterocycles. The summed E-state index contributed by atoms with van der Waals surface area (Å²) in [6.45, 7) is 0.175. The number of nitrogens with zero attached hydrogens (tertiary/aromatic N) is 2. The Labute approximate surface area is 100 Å². The van der Waals surface area contributed by atoms with E-state index in [1.54, 1.807) is 24.1 Å². The van der Waals surface area contributed by atoms with Gasteiger partial charge in [0.15, 0.2) is 5.60 Å². The number of aliphatic hydroxyl groups is 1. The third-order valence-electron chi connectivity index (χ3n) is 2.74. The van der Waals surface area contributed by atoms with E-state index < -0.39 is 5.60 Å². The van der Waals surface area contributed by atoms with Crippen molar-refractivity contribution in [2.45, 2.75) is 5.60 Å². The minimum absolute atomic E-state index is 0.175. The van der Waals surface area contributed by atoms with Gasteiger partial charge >= 0.3 is 0 Å². The van der Waals surface area contributed by atoms with Crippen molar-refractivity contribution in [2.75, 3.05) is 13.7 Å². The van der Waals surface area contributed by atoms with Crippen LogP contribution in [0.15, 0.2) is 42.6 Å². The molecular weight excluding hydrogens is 216 g/mol. The van der Waals surface area contributed by atoms with Crippen LogP contribution in [-0.2, 0) is 17.4 Å². The van der Waals surface area contributed by atoms with Crippen LogP contribution in [0, 0.1) is 0 Å². The van der Waals surface area contributed by atoms with Gasteiger partial charge in [-0.3, -0.25) is 4.68 Å². The number of aryl methyl sites for hydroxylation is 1. The van der Waals surface area contributed by atoms with Gasteiger partial charge in [-0.25, -0.2) is 0 Å². The maximum absolute atomic E-state index is 10.8. The quantitative estimate of drug-likeness (QED) is 0.864. The number of ether oxygens (including phenoxy) is 1. The average molecular weight is 232 g/mol. The molecule has 0 saturated carbocycles. The predicted octanol–water partition coefficient (Wildman–Crippen LogP) is 1.30. The molecule has 0 radical (unpaired) electrons. The van der Waals surface area contributed by atoms with E-state index in [0.29, 0.717) is 5.69 Å². The van der Waals surface area contributed by atoms with Gasteiger partial charge in [0.2, 0.25) is 0 Å². The molecule has 2 rings (SSSR count). The molecule has 0 aliphatic carbocycles. The highest BCUT2D eigenvalue weighted by molar-refractivity contribution is 5.31. The molecule has 1 unspecified atom stereocenters. The molecule has 90 valence electrons. The average Bonchev–Trinajstić information content (AvgIpc) is 2.78. The third-order valence-corrected chi connectivity index (χ3v) is 2.74. The van der Waals surface area contributed by atoms with Crippen LogP contribution in [0.5, 0.6) is 0 Å². The summed E-state index contributed by atoms with van der Waals surface area (Å²) >= 11 is 0. The van der Waals surface area contributed by atoms with Gasteiger partial charge < -0.3 is 9.84 Å². The lowest BCUT2D eigenvalue weighted by atomic mass is 9.91. The molecule has 0 aliphatic rings. The van der Waals surface area contributed by atoms with E-state index in [-0.39, 0.29) is 6.61 Å². The van der Waals surface area contributed by atoms with Crippen LogP contribution < -0.4 is 0 Å². The second-order valence-corrected chi connectivity index (χ2v) is 4.03. The van der Waals surface area contributed by atoms with Gasteiger partial charge in [0.05, 0.1) is 6.61 Å².